The summed E-state index contributed by atoms with van der Waals surface area (Å²) in [5, 5.41) is 7.21. The van der Waals surface area contributed by atoms with Gasteiger partial charge in [-0.05, 0) is 32.4 Å². The number of nitrogens with one attached hydrogen (secondary N) is 1. The lowest BCUT2D eigenvalue weighted by Gasteiger charge is -2.44. The molecule has 2 saturated heterocycles. The number of hydrogen-bond donors (Lipinski definition) is 1. The molecule has 1 N–H and O–H groups in total. The zero-order valence-corrected chi connectivity index (χ0v) is 16.1. The van der Waals surface area contributed by atoms with Gasteiger partial charge in [-0.25, -0.2) is 8.42 Å². The number of H-pyrrole nitrogens is 1. The standard InChI is InChI=1S/C17H28N4O3S/c1-4-7-20-8-9-21(16-11-25(23,24)10-15(16)20)17(22)6-5-14-12(2)13(3)18-19-14/h15-16H,4-11H2,1-3H3,(H,18,19)/t15-,16+/m1/s1. The number of carbonyl (C=O) groups is 1. The number of aromatic amines is 1. The number of amides is 1. The highest BCUT2D eigenvalue weighted by Crippen LogP contribution is 2.28. The molecule has 1 aromatic heterocycles. The summed E-state index contributed by atoms with van der Waals surface area (Å²) in [6.45, 7) is 8.34. The van der Waals surface area contributed by atoms with Gasteiger partial charge in [0.15, 0.2) is 9.84 Å². The third-order valence-corrected chi connectivity index (χ3v) is 7.25. The molecule has 0 saturated carbocycles. The summed E-state index contributed by atoms with van der Waals surface area (Å²) in [4.78, 5) is 16.8. The second-order valence-electron chi connectivity index (χ2n) is 7.26. The topological polar surface area (TPSA) is 86.4 Å². The normalized spacial score (nSPS) is 26.0. The number of aromatic nitrogens is 2. The van der Waals surface area contributed by atoms with Gasteiger partial charge in [0.05, 0.1) is 23.2 Å². The molecular formula is C17H28N4O3S. The Labute approximate surface area is 149 Å². The van der Waals surface area contributed by atoms with Crippen LogP contribution in [0.15, 0.2) is 0 Å². The molecule has 0 spiro atoms. The van der Waals surface area contributed by atoms with Crippen LogP contribution in [-0.2, 0) is 21.1 Å². The van der Waals surface area contributed by atoms with Gasteiger partial charge in [-0.3, -0.25) is 14.8 Å². The van der Waals surface area contributed by atoms with E-state index in [9.17, 15) is 13.2 Å². The van der Waals surface area contributed by atoms with Crippen LogP contribution >= 0.6 is 0 Å². The molecule has 3 heterocycles. The van der Waals surface area contributed by atoms with Crippen molar-refractivity contribution in [2.75, 3.05) is 31.1 Å². The van der Waals surface area contributed by atoms with E-state index in [1.54, 1.807) is 0 Å². The molecule has 0 aromatic carbocycles. The molecule has 0 bridgehead atoms. The van der Waals surface area contributed by atoms with Gasteiger partial charge in [0.25, 0.3) is 0 Å². The second-order valence-corrected chi connectivity index (χ2v) is 9.41. The highest BCUT2D eigenvalue weighted by molar-refractivity contribution is 7.91. The van der Waals surface area contributed by atoms with Gasteiger partial charge in [0.2, 0.25) is 5.91 Å². The largest absolute Gasteiger partial charge is 0.336 e. The van der Waals surface area contributed by atoms with Crippen molar-refractivity contribution in [3.05, 3.63) is 17.0 Å². The number of hydrogen-bond acceptors (Lipinski definition) is 5. The van der Waals surface area contributed by atoms with Crippen LogP contribution in [0.4, 0.5) is 0 Å². The Bertz CT molecular complexity index is 743. The Kier molecular flexibility index (Phi) is 5.20. The first-order valence-electron chi connectivity index (χ1n) is 9.06. The van der Waals surface area contributed by atoms with Crippen molar-refractivity contribution in [1.29, 1.82) is 0 Å². The third kappa shape index (κ3) is 3.74. The first-order chi connectivity index (χ1) is 11.8. The molecule has 140 valence electrons. The summed E-state index contributed by atoms with van der Waals surface area (Å²) in [7, 11) is -3.07. The summed E-state index contributed by atoms with van der Waals surface area (Å²) >= 11 is 0. The van der Waals surface area contributed by atoms with Crippen LogP contribution < -0.4 is 0 Å². The Hall–Kier alpha value is -1.41. The molecular weight excluding hydrogens is 340 g/mol. The molecule has 0 unspecified atom stereocenters. The quantitative estimate of drug-likeness (QED) is 0.826. The Morgan fingerprint density at radius 1 is 1.24 bits per heavy atom. The minimum Gasteiger partial charge on any atom is -0.336 e. The number of piperazine rings is 1. The van der Waals surface area contributed by atoms with Crippen LogP contribution in [0.25, 0.3) is 0 Å². The van der Waals surface area contributed by atoms with Crippen LogP contribution in [0, 0.1) is 13.8 Å². The van der Waals surface area contributed by atoms with Crippen molar-refractivity contribution in [3.8, 4) is 0 Å². The number of aryl methyl sites for hydroxylation is 2. The molecule has 2 fully saturated rings. The van der Waals surface area contributed by atoms with E-state index >= 15 is 0 Å². The number of nitrogens with zero attached hydrogens (tertiary/aromatic N) is 3. The molecule has 7 nitrogen and oxygen atoms in total. The van der Waals surface area contributed by atoms with Crippen molar-refractivity contribution in [3.63, 3.8) is 0 Å². The lowest BCUT2D eigenvalue weighted by molar-refractivity contribution is -0.136. The zero-order valence-electron chi connectivity index (χ0n) is 15.3. The fraction of sp³-hybridized carbons (Fsp3) is 0.765. The minimum absolute atomic E-state index is 0.0444. The summed E-state index contributed by atoms with van der Waals surface area (Å²) in [5.74, 6) is 0.326. The monoisotopic (exact) mass is 368 g/mol. The maximum Gasteiger partial charge on any atom is 0.223 e. The van der Waals surface area contributed by atoms with Crippen LogP contribution in [0.5, 0.6) is 0 Å². The summed E-state index contributed by atoms with van der Waals surface area (Å²) in [6, 6.07) is -0.239. The van der Waals surface area contributed by atoms with E-state index in [-0.39, 0.29) is 29.5 Å². The molecule has 2 aliphatic rings. The Morgan fingerprint density at radius 2 is 1.96 bits per heavy atom. The Balaban J connectivity index is 1.69. The van der Waals surface area contributed by atoms with Crippen molar-refractivity contribution in [2.45, 2.75) is 52.1 Å². The average Bonchev–Trinajstić information content (AvgIpc) is 3.05. The molecule has 8 heteroatoms. The molecule has 0 aliphatic carbocycles. The van der Waals surface area contributed by atoms with Crippen LogP contribution in [-0.4, -0.2) is 77.5 Å². The van der Waals surface area contributed by atoms with Crippen molar-refractivity contribution < 1.29 is 13.2 Å². The maximum atomic E-state index is 12.8. The highest BCUT2D eigenvalue weighted by Gasteiger charge is 2.47. The summed E-state index contributed by atoms with van der Waals surface area (Å²) < 4.78 is 24.3. The van der Waals surface area contributed by atoms with E-state index in [1.165, 1.54) is 0 Å². The number of carbonyl (C=O) groups excluding carboxylic acids is 1. The number of sulfone groups is 1. The van der Waals surface area contributed by atoms with E-state index in [1.807, 2.05) is 18.7 Å². The third-order valence-electron chi connectivity index (χ3n) is 5.55. The first-order valence-corrected chi connectivity index (χ1v) is 10.9. The van der Waals surface area contributed by atoms with Gasteiger partial charge in [-0.2, -0.15) is 5.10 Å². The lowest BCUT2D eigenvalue weighted by atomic mass is 10.0. The second kappa shape index (κ2) is 7.07. The molecule has 25 heavy (non-hydrogen) atoms. The smallest absolute Gasteiger partial charge is 0.223 e. The van der Waals surface area contributed by atoms with Gasteiger partial charge in [0.1, 0.15) is 0 Å². The van der Waals surface area contributed by atoms with E-state index in [2.05, 4.69) is 22.0 Å². The fourth-order valence-corrected chi connectivity index (χ4v) is 6.06. The average molecular weight is 369 g/mol. The fourth-order valence-electron chi connectivity index (χ4n) is 4.05. The van der Waals surface area contributed by atoms with Gasteiger partial charge in [0, 0.05) is 37.7 Å². The van der Waals surface area contributed by atoms with Crippen LogP contribution in [0.2, 0.25) is 0 Å². The van der Waals surface area contributed by atoms with Crippen LogP contribution in [0.1, 0.15) is 36.7 Å². The van der Waals surface area contributed by atoms with Gasteiger partial charge in [-0.1, -0.05) is 6.92 Å². The number of rotatable bonds is 5. The SMILES string of the molecule is CCCN1CCN(C(=O)CCc2n[nH]c(C)c2C)[C@H]2CS(=O)(=O)C[C@H]21. The van der Waals surface area contributed by atoms with E-state index in [0.717, 1.165) is 36.5 Å². The zero-order chi connectivity index (χ0) is 18.2. The molecule has 1 aromatic rings. The maximum absolute atomic E-state index is 12.8. The van der Waals surface area contributed by atoms with Crippen LogP contribution in [0.3, 0.4) is 0 Å². The van der Waals surface area contributed by atoms with E-state index in [0.29, 0.717) is 19.4 Å². The van der Waals surface area contributed by atoms with E-state index in [4.69, 9.17) is 0 Å². The Morgan fingerprint density at radius 3 is 2.60 bits per heavy atom. The van der Waals surface area contributed by atoms with Crippen molar-refractivity contribution >= 4 is 15.7 Å². The molecule has 0 radical (unpaired) electrons. The lowest BCUT2D eigenvalue weighted by Crippen LogP contribution is -2.60. The summed E-state index contributed by atoms with van der Waals surface area (Å²) in [5.41, 5.74) is 3.05. The van der Waals surface area contributed by atoms with Crippen molar-refractivity contribution in [2.24, 2.45) is 0 Å². The molecule has 2 aliphatic heterocycles. The molecule has 2 atom stereocenters. The molecule has 1 amide bonds. The number of fused-ring (bicyclic) bond motifs is 1. The molecule has 3 rings (SSSR count). The summed E-state index contributed by atoms with van der Waals surface area (Å²) in [6.07, 6.45) is 1.96. The first kappa shape index (κ1) is 18.4. The highest BCUT2D eigenvalue weighted by atomic mass is 32.2. The van der Waals surface area contributed by atoms with E-state index < -0.39 is 9.84 Å². The van der Waals surface area contributed by atoms with Gasteiger partial charge >= 0.3 is 0 Å². The van der Waals surface area contributed by atoms with Gasteiger partial charge < -0.3 is 4.90 Å². The van der Waals surface area contributed by atoms with Crippen molar-refractivity contribution in [1.82, 2.24) is 20.0 Å². The predicted octanol–water partition coefficient (Wildman–Crippen LogP) is 0.679. The van der Waals surface area contributed by atoms with Gasteiger partial charge in [-0.15, -0.1) is 0 Å². The predicted molar refractivity (Wildman–Crippen MR) is 96.2 cm³/mol. The minimum atomic E-state index is -3.07.